The van der Waals surface area contributed by atoms with Gasteiger partial charge >= 0.3 is 0 Å². The summed E-state index contributed by atoms with van der Waals surface area (Å²) in [6.07, 6.45) is 3.01. The van der Waals surface area contributed by atoms with Gasteiger partial charge in [-0.2, -0.15) is 0 Å². The summed E-state index contributed by atoms with van der Waals surface area (Å²) in [5, 5.41) is 10.7. The van der Waals surface area contributed by atoms with E-state index >= 15 is 0 Å². The van der Waals surface area contributed by atoms with E-state index in [0.29, 0.717) is 27.5 Å². The summed E-state index contributed by atoms with van der Waals surface area (Å²) in [7, 11) is 1.54. The maximum Gasteiger partial charge on any atom is 0.195 e. The summed E-state index contributed by atoms with van der Waals surface area (Å²) in [4.78, 5) is 23.2. The van der Waals surface area contributed by atoms with Gasteiger partial charge in [0.05, 0.1) is 33.9 Å². The average Bonchev–Trinajstić information content (AvgIpc) is 3.05. The number of carbonyl (C=O) groups is 2. The van der Waals surface area contributed by atoms with Crippen LogP contribution in [0.25, 0.3) is 6.08 Å². The van der Waals surface area contributed by atoms with Gasteiger partial charge in [0.2, 0.25) is 0 Å². The first-order chi connectivity index (χ1) is 11.5. The zero-order chi connectivity index (χ0) is 17.7. The summed E-state index contributed by atoms with van der Waals surface area (Å²) >= 11 is 4.30. The molecule has 2 rings (SSSR count). The number of carboxylic acids is 1. The average molecular weight is 410 g/mol. The summed E-state index contributed by atoms with van der Waals surface area (Å²) in [5.74, 6) is -0.422. The van der Waals surface area contributed by atoms with Crippen LogP contribution >= 0.6 is 27.3 Å². The molecule has 2 aromatic rings. The number of rotatable bonds is 7. The Hall–Kier alpha value is -2.12. The number of benzene rings is 1. The Bertz CT molecular complexity index is 794. The fourth-order valence-corrected chi connectivity index (χ4v) is 3.29. The van der Waals surface area contributed by atoms with Crippen molar-refractivity contribution >= 4 is 45.1 Å². The molecule has 5 nitrogen and oxygen atoms in total. The van der Waals surface area contributed by atoms with Gasteiger partial charge in [-0.15, -0.1) is 11.3 Å². The Labute approximate surface area is 151 Å². The molecule has 0 aliphatic carbocycles. The number of thiophene rings is 1. The van der Waals surface area contributed by atoms with E-state index in [1.54, 1.807) is 18.2 Å². The normalized spacial score (nSPS) is 10.8. The van der Waals surface area contributed by atoms with Gasteiger partial charge in [-0.1, -0.05) is 6.08 Å². The lowest BCUT2D eigenvalue weighted by Crippen LogP contribution is -2.20. The SMILES string of the molecule is CCOc1c(Br)cc(/C=C/C(=O)c2ccc(C(=O)[O-])s2)cc1OC. The van der Waals surface area contributed by atoms with Crippen LogP contribution in [0.3, 0.4) is 0 Å². The van der Waals surface area contributed by atoms with Crippen molar-refractivity contribution in [3.63, 3.8) is 0 Å². The molecule has 0 N–H and O–H groups in total. The molecular formula is C17H14BrO5S-. The molecule has 0 aliphatic heterocycles. The molecule has 0 bridgehead atoms. The minimum absolute atomic E-state index is 0.0252. The smallest absolute Gasteiger partial charge is 0.195 e. The van der Waals surface area contributed by atoms with Crippen LogP contribution < -0.4 is 14.6 Å². The minimum Gasteiger partial charge on any atom is -0.544 e. The fourth-order valence-electron chi connectivity index (χ4n) is 1.95. The molecule has 1 aromatic carbocycles. The molecular weight excluding hydrogens is 396 g/mol. The van der Waals surface area contributed by atoms with Crippen LogP contribution in [0, 0.1) is 0 Å². The third-order valence-corrected chi connectivity index (χ3v) is 4.69. The highest BCUT2D eigenvalue weighted by atomic mass is 79.9. The maximum atomic E-state index is 12.1. The van der Waals surface area contributed by atoms with Crippen molar-refractivity contribution in [3.05, 3.63) is 50.1 Å². The maximum absolute atomic E-state index is 12.1. The molecule has 24 heavy (non-hydrogen) atoms. The van der Waals surface area contributed by atoms with Gasteiger partial charge in [-0.25, -0.2) is 0 Å². The Kier molecular flexibility index (Phi) is 6.16. The highest BCUT2D eigenvalue weighted by Gasteiger charge is 2.11. The molecule has 1 heterocycles. The molecule has 0 saturated heterocycles. The second-order valence-electron chi connectivity index (χ2n) is 4.62. The third-order valence-electron chi connectivity index (χ3n) is 3.02. The second kappa shape index (κ2) is 8.12. The highest BCUT2D eigenvalue weighted by Crippen LogP contribution is 2.37. The Morgan fingerprint density at radius 3 is 2.58 bits per heavy atom. The lowest BCUT2D eigenvalue weighted by atomic mass is 10.1. The summed E-state index contributed by atoms with van der Waals surface area (Å²) in [6, 6.07) is 6.38. The van der Waals surface area contributed by atoms with E-state index in [2.05, 4.69) is 15.9 Å². The number of carbonyl (C=O) groups excluding carboxylic acids is 2. The second-order valence-corrected chi connectivity index (χ2v) is 6.55. The van der Waals surface area contributed by atoms with Crippen molar-refractivity contribution in [3.8, 4) is 11.5 Å². The van der Waals surface area contributed by atoms with Crippen LogP contribution in [0.1, 0.15) is 31.8 Å². The minimum atomic E-state index is -1.29. The van der Waals surface area contributed by atoms with E-state index in [0.717, 1.165) is 16.9 Å². The highest BCUT2D eigenvalue weighted by molar-refractivity contribution is 9.10. The molecule has 0 amide bonds. The van der Waals surface area contributed by atoms with E-state index < -0.39 is 5.97 Å². The fraction of sp³-hybridized carbons (Fsp3) is 0.176. The van der Waals surface area contributed by atoms with E-state index in [4.69, 9.17) is 9.47 Å². The van der Waals surface area contributed by atoms with Gasteiger partial charge in [0, 0.05) is 0 Å². The molecule has 0 saturated carbocycles. The van der Waals surface area contributed by atoms with Crippen molar-refractivity contribution < 1.29 is 24.2 Å². The van der Waals surface area contributed by atoms with Gasteiger partial charge in [0.1, 0.15) is 0 Å². The summed E-state index contributed by atoms with van der Waals surface area (Å²) < 4.78 is 11.5. The topological polar surface area (TPSA) is 75.7 Å². The largest absolute Gasteiger partial charge is 0.544 e. The first-order valence-electron chi connectivity index (χ1n) is 7.00. The summed E-state index contributed by atoms with van der Waals surface area (Å²) in [6.45, 7) is 2.38. The van der Waals surface area contributed by atoms with Crippen molar-refractivity contribution in [1.82, 2.24) is 0 Å². The number of allylic oxidation sites excluding steroid dienone is 1. The van der Waals surface area contributed by atoms with Gasteiger partial charge in [0.15, 0.2) is 17.3 Å². The number of methoxy groups -OCH3 is 1. The first kappa shape index (κ1) is 18.2. The van der Waals surface area contributed by atoms with Crippen molar-refractivity contribution in [2.24, 2.45) is 0 Å². The molecule has 0 fully saturated rings. The van der Waals surface area contributed by atoms with E-state index in [9.17, 15) is 14.7 Å². The van der Waals surface area contributed by atoms with Gasteiger partial charge in [-0.3, -0.25) is 4.79 Å². The lowest BCUT2D eigenvalue weighted by Gasteiger charge is -2.12. The van der Waals surface area contributed by atoms with Crippen LogP contribution in [-0.4, -0.2) is 25.5 Å². The van der Waals surface area contributed by atoms with Crippen molar-refractivity contribution in [1.29, 1.82) is 0 Å². The number of hydrogen-bond acceptors (Lipinski definition) is 6. The van der Waals surface area contributed by atoms with E-state index in [-0.39, 0.29) is 10.7 Å². The Morgan fingerprint density at radius 2 is 2.00 bits per heavy atom. The lowest BCUT2D eigenvalue weighted by molar-refractivity contribution is -0.254. The molecule has 0 radical (unpaired) electrons. The van der Waals surface area contributed by atoms with Gasteiger partial charge < -0.3 is 19.4 Å². The number of hydrogen-bond donors (Lipinski definition) is 0. The molecule has 0 unspecified atom stereocenters. The Morgan fingerprint density at radius 1 is 1.29 bits per heavy atom. The number of aromatic carboxylic acids is 1. The molecule has 126 valence electrons. The van der Waals surface area contributed by atoms with Gasteiger partial charge in [-0.05, 0) is 58.8 Å². The van der Waals surface area contributed by atoms with Crippen LogP contribution in [0.4, 0.5) is 0 Å². The molecule has 7 heteroatoms. The zero-order valence-corrected chi connectivity index (χ0v) is 15.4. The molecule has 0 atom stereocenters. The van der Waals surface area contributed by atoms with Crippen LogP contribution in [-0.2, 0) is 0 Å². The standard InChI is InChI=1S/C17H15BrO5S/c1-3-23-16-11(18)8-10(9-13(16)22-2)4-5-12(19)14-6-7-15(24-14)17(20)21/h4-9H,3H2,1-2H3,(H,20,21)/p-1/b5-4+. The Balaban J connectivity index is 2.23. The van der Waals surface area contributed by atoms with E-state index in [1.165, 1.54) is 25.3 Å². The van der Waals surface area contributed by atoms with Crippen LogP contribution in [0.15, 0.2) is 34.8 Å². The van der Waals surface area contributed by atoms with Crippen molar-refractivity contribution in [2.45, 2.75) is 6.92 Å². The van der Waals surface area contributed by atoms with Crippen LogP contribution in [0.2, 0.25) is 0 Å². The predicted molar refractivity (Wildman–Crippen MR) is 93.9 cm³/mol. The third kappa shape index (κ3) is 4.24. The molecule has 0 aliphatic rings. The number of ether oxygens (including phenoxy) is 2. The van der Waals surface area contributed by atoms with Crippen molar-refractivity contribution in [2.75, 3.05) is 13.7 Å². The molecule has 1 aromatic heterocycles. The number of carboxylic acid groups (broad SMARTS) is 1. The monoisotopic (exact) mass is 409 g/mol. The van der Waals surface area contributed by atoms with Crippen LogP contribution in [0.5, 0.6) is 11.5 Å². The number of ketones is 1. The predicted octanol–water partition coefficient (Wildman–Crippen LogP) is 3.18. The quantitative estimate of drug-likeness (QED) is 0.518. The first-order valence-corrected chi connectivity index (χ1v) is 8.61. The van der Waals surface area contributed by atoms with E-state index in [1.807, 2.05) is 6.92 Å². The number of halogens is 1. The van der Waals surface area contributed by atoms with Gasteiger partial charge in [0.25, 0.3) is 0 Å². The summed E-state index contributed by atoms with van der Waals surface area (Å²) in [5.41, 5.74) is 0.743. The zero-order valence-electron chi connectivity index (χ0n) is 13.0. The molecule has 0 spiro atoms.